The number of nitrogens with one attached hydrogen (secondary N) is 3. The average Bonchev–Trinajstić information content (AvgIpc) is 3.10. The number of nitrogens with two attached hydrogens (primary N) is 1. The molecule has 1 saturated heterocycles. The van der Waals surface area contributed by atoms with Crippen LogP contribution in [0.15, 0.2) is 29.9 Å². The molecule has 6 N–H and O–H groups in total. The van der Waals surface area contributed by atoms with Crippen LogP contribution in [-0.4, -0.2) is 58.7 Å². The molecule has 1 aliphatic rings. The Morgan fingerprint density at radius 2 is 2.12 bits per heavy atom. The lowest BCUT2D eigenvalue weighted by molar-refractivity contribution is -0.141. The number of aliphatic carboxylic acids is 1. The van der Waals surface area contributed by atoms with Crippen molar-refractivity contribution < 1.29 is 24.3 Å². The molecule has 0 radical (unpaired) electrons. The van der Waals surface area contributed by atoms with Crippen LogP contribution in [0.1, 0.15) is 38.7 Å². The van der Waals surface area contributed by atoms with Crippen LogP contribution in [-0.2, 0) is 19.2 Å². The summed E-state index contributed by atoms with van der Waals surface area (Å²) >= 11 is 0. The topological polar surface area (TPSA) is 178 Å². The lowest BCUT2D eigenvalue weighted by Gasteiger charge is -2.29. The molecule has 0 unspecified atom stereocenters. The van der Waals surface area contributed by atoms with Gasteiger partial charge in [-0.25, -0.2) is 5.53 Å². The number of nitrogens with zero attached hydrogens (tertiary/aromatic N) is 2. The van der Waals surface area contributed by atoms with E-state index < -0.39 is 36.4 Å². The Kier molecular flexibility index (Phi) is 8.66. The first kappa shape index (κ1) is 25.5. The number of nitrogen functional groups attached to an aromatic ring is 1. The zero-order valence-electron chi connectivity index (χ0n) is 18.7. The molecular weight excluding hydrogens is 428 g/mol. The van der Waals surface area contributed by atoms with Gasteiger partial charge < -0.3 is 31.2 Å². The second kappa shape index (κ2) is 11.2. The normalized spacial score (nSPS) is 17.4. The minimum absolute atomic E-state index is 0.0755. The monoisotopic (exact) mass is 458 g/mol. The summed E-state index contributed by atoms with van der Waals surface area (Å²) in [5.74, 6) is -1.99. The molecule has 0 aromatic heterocycles. The molecular formula is C22H30N6O5. The largest absolute Gasteiger partial charge is 0.481 e. The van der Waals surface area contributed by atoms with Crippen molar-refractivity contribution in [2.45, 2.75) is 51.2 Å². The quantitative estimate of drug-likeness (QED) is 0.179. The molecule has 1 heterocycles. The molecule has 11 nitrogen and oxygen atoms in total. The fourth-order valence-corrected chi connectivity index (χ4v) is 3.69. The van der Waals surface area contributed by atoms with Gasteiger partial charge in [0.15, 0.2) is 0 Å². The number of hydrogen-bond donors (Lipinski definition) is 5. The van der Waals surface area contributed by atoms with E-state index in [1.807, 2.05) is 13.8 Å². The number of carboxylic acid groups (broad SMARTS) is 1. The van der Waals surface area contributed by atoms with Gasteiger partial charge in [0.05, 0.1) is 18.2 Å². The van der Waals surface area contributed by atoms with Crippen molar-refractivity contribution in [1.82, 2.24) is 15.5 Å². The highest BCUT2D eigenvalue weighted by Crippen LogP contribution is 2.27. The number of anilines is 1. The van der Waals surface area contributed by atoms with Gasteiger partial charge in [-0.1, -0.05) is 26.5 Å². The summed E-state index contributed by atoms with van der Waals surface area (Å²) in [5, 5.41) is 17.8. The predicted octanol–water partition coefficient (Wildman–Crippen LogP) is 1.67. The SMILES string of the molecule is C=C(N[C@@H]1CCN([C@@H](CC(C)C)C(=O)N[C@H](C=O)CC(=O)O)C1=O)c1ccc(N)c(N=N)c1. The maximum Gasteiger partial charge on any atom is 0.305 e. The van der Waals surface area contributed by atoms with Gasteiger partial charge in [0.25, 0.3) is 0 Å². The van der Waals surface area contributed by atoms with E-state index in [9.17, 15) is 19.2 Å². The Morgan fingerprint density at radius 1 is 1.42 bits per heavy atom. The first-order valence-corrected chi connectivity index (χ1v) is 10.6. The van der Waals surface area contributed by atoms with Gasteiger partial charge in [-0.3, -0.25) is 14.4 Å². The second-order valence-electron chi connectivity index (χ2n) is 8.38. The van der Waals surface area contributed by atoms with Crippen molar-refractivity contribution in [2.24, 2.45) is 11.0 Å². The van der Waals surface area contributed by atoms with Gasteiger partial charge in [0.2, 0.25) is 11.8 Å². The van der Waals surface area contributed by atoms with Crippen molar-refractivity contribution in [2.75, 3.05) is 12.3 Å². The number of likely N-dealkylation sites (tertiary alicyclic amines) is 1. The first-order chi connectivity index (χ1) is 15.6. The molecule has 11 heteroatoms. The van der Waals surface area contributed by atoms with E-state index in [-0.39, 0.29) is 17.5 Å². The molecule has 33 heavy (non-hydrogen) atoms. The highest BCUT2D eigenvalue weighted by Gasteiger charge is 2.39. The van der Waals surface area contributed by atoms with E-state index in [0.29, 0.717) is 42.6 Å². The van der Waals surface area contributed by atoms with E-state index >= 15 is 0 Å². The molecule has 0 bridgehead atoms. The maximum atomic E-state index is 13.1. The van der Waals surface area contributed by atoms with E-state index in [2.05, 4.69) is 22.3 Å². The van der Waals surface area contributed by atoms with E-state index in [0.717, 1.165) is 0 Å². The number of hydrogen-bond acceptors (Lipinski definition) is 8. The summed E-state index contributed by atoms with van der Waals surface area (Å²) in [5.41, 5.74) is 14.7. The van der Waals surface area contributed by atoms with Gasteiger partial charge in [-0.15, -0.1) is 0 Å². The van der Waals surface area contributed by atoms with Crippen LogP contribution in [0.25, 0.3) is 5.70 Å². The summed E-state index contributed by atoms with van der Waals surface area (Å²) < 4.78 is 0. The zero-order chi connectivity index (χ0) is 24.7. The summed E-state index contributed by atoms with van der Waals surface area (Å²) in [6.45, 7) is 8.09. The molecule has 0 aliphatic carbocycles. The molecule has 1 aromatic carbocycles. The number of aldehydes is 1. The minimum atomic E-state index is -1.21. The molecule has 2 amide bonds. The molecule has 0 spiro atoms. The Labute approximate surface area is 191 Å². The van der Waals surface area contributed by atoms with Crippen LogP contribution in [0, 0.1) is 11.4 Å². The summed E-state index contributed by atoms with van der Waals surface area (Å²) in [7, 11) is 0. The first-order valence-electron chi connectivity index (χ1n) is 10.6. The van der Waals surface area contributed by atoms with Crippen LogP contribution in [0.3, 0.4) is 0 Å². The van der Waals surface area contributed by atoms with Crippen LogP contribution >= 0.6 is 0 Å². The van der Waals surface area contributed by atoms with Crippen LogP contribution in [0.2, 0.25) is 0 Å². The highest BCUT2D eigenvalue weighted by molar-refractivity contribution is 5.93. The molecule has 0 saturated carbocycles. The second-order valence-corrected chi connectivity index (χ2v) is 8.38. The lowest BCUT2D eigenvalue weighted by atomic mass is 10.0. The average molecular weight is 459 g/mol. The third kappa shape index (κ3) is 6.61. The lowest BCUT2D eigenvalue weighted by Crippen LogP contribution is -2.52. The standard InChI is InChI=1S/C22H30N6O5/c1-12(2)8-19(21(32)26-15(11-29)10-20(30)31)28-7-6-17(22(28)33)25-13(3)14-4-5-16(23)18(9-14)27-24/h4-5,9,11-12,15,17,19,24-25H,3,6-8,10,23H2,1-2H3,(H,26,32)(H,30,31)/t15-,17+,19-/m0/s1. The van der Waals surface area contributed by atoms with Gasteiger partial charge >= 0.3 is 5.97 Å². The Morgan fingerprint density at radius 3 is 2.70 bits per heavy atom. The van der Waals surface area contributed by atoms with E-state index in [1.54, 1.807) is 18.2 Å². The number of carboxylic acids is 1. The summed E-state index contributed by atoms with van der Waals surface area (Å²) in [6, 6.07) is 2.27. The van der Waals surface area contributed by atoms with Gasteiger partial charge in [-0.05, 0) is 36.5 Å². The van der Waals surface area contributed by atoms with Crippen molar-refractivity contribution in [3.05, 3.63) is 30.3 Å². The molecule has 3 atom stereocenters. The molecule has 178 valence electrons. The highest BCUT2D eigenvalue weighted by atomic mass is 16.4. The summed E-state index contributed by atoms with van der Waals surface area (Å²) in [6.07, 6.45) is 0.630. The molecule has 1 aliphatic heterocycles. The van der Waals surface area contributed by atoms with Crippen molar-refractivity contribution in [1.29, 1.82) is 5.53 Å². The molecule has 2 rings (SSSR count). The van der Waals surface area contributed by atoms with Gasteiger partial charge in [0, 0.05) is 12.2 Å². The Hall–Kier alpha value is -3.76. The van der Waals surface area contributed by atoms with Crippen molar-refractivity contribution >= 4 is 41.1 Å². The number of amides is 2. The smallest absolute Gasteiger partial charge is 0.305 e. The van der Waals surface area contributed by atoms with Crippen LogP contribution in [0.5, 0.6) is 0 Å². The molecule has 1 aromatic rings. The van der Waals surface area contributed by atoms with E-state index in [1.165, 1.54) is 4.90 Å². The van der Waals surface area contributed by atoms with Crippen molar-refractivity contribution in [3.8, 4) is 0 Å². The maximum absolute atomic E-state index is 13.1. The minimum Gasteiger partial charge on any atom is -0.481 e. The third-order valence-electron chi connectivity index (χ3n) is 5.35. The van der Waals surface area contributed by atoms with Crippen molar-refractivity contribution in [3.63, 3.8) is 0 Å². The van der Waals surface area contributed by atoms with Gasteiger partial charge in [-0.2, -0.15) is 5.11 Å². The fraction of sp³-hybridized carbons (Fsp3) is 0.455. The number of carbonyl (C=O) groups excluding carboxylic acids is 3. The van der Waals surface area contributed by atoms with E-state index in [4.69, 9.17) is 16.4 Å². The summed E-state index contributed by atoms with van der Waals surface area (Å²) in [4.78, 5) is 49.5. The number of benzene rings is 1. The third-order valence-corrected chi connectivity index (χ3v) is 5.35. The molecule has 1 fully saturated rings. The fourth-order valence-electron chi connectivity index (χ4n) is 3.69. The Bertz CT molecular complexity index is 947. The zero-order valence-corrected chi connectivity index (χ0v) is 18.7. The predicted molar refractivity (Wildman–Crippen MR) is 121 cm³/mol. The van der Waals surface area contributed by atoms with Crippen LogP contribution < -0.4 is 16.4 Å². The number of carbonyl (C=O) groups is 4. The Balaban J connectivity index is 2.13. The van der Waals surface area contributed by atoms with Crippen LogP contribution in [0.4, 0.5) is 11.4 Å². The van der Waals surface area contributed by atoms with Gasteiger partial charge in [0.1, 0.15) is 24.1 Å². The number of rotatable bonds is 12.